The third-order valence-electron chi connectivity index (χ3n) is 4.41. The van der Waals surface area contributed by atoms with Crippen molar-refractivity contribution in [2.75, 3.05) is 4.90 Å². The number of rotatable bonds is 2. The number of nitrogens with two attached hydrogens (primary N) is 1. The maximum absolute atomic E-state index is 11.4. The van der Waals surface area contributed by atoms with Crippen molar-refractivity contribution in [1.29, 1.82) is 0 Å². The van der Waals surface area contributed by atoms with Crippen LogP contribution in [0.4, 0.5) is 11.6 Å². The molecular formula is C12H15N5O2S. The summed E-state index contributed by atoms with van der Waals surface area (Å²) in [7, 11) is 0. The van der Waals surface area contributed by atoms with Gasteiger partial charge in [-0.25, -0.2) is 0 Å². The van der Waals surface area contributed by atoms with E-state index >= 15 is 0 Å². The Hall–Kier alpha value is -1.67. The van der Waals surface area contributed by atoms with Gasteiger partial charge in [0, 0.05) is 23.5 Å². The Morgan fingerprint density at radius 3 is 2.75 bits per heavy atom. The Balaban J connectivity index is 1.84. The molecule has 2 atom stereocenters. The number of aromatic nitrogens is 2. The summed E-state index contributed by atoms with van der Waals surface area (Å²) in [6.07, 6.45) is 5.63. The minimum atomic E-state index is -0.323. The van der Waals surface area contributed by atoms with Gasteiger partial charge in [-0.2, -0.15) is 9.38 Å². The second-order valence-corrected chi connectivity index (χ2v) is 6.47. The number of anilines is 1. The Bertz CT molecular complexity index is 666. The molecule has 4 rings (SSSR count). The zero-order valence-electron chi connectivity index (χ0n) is 10.8. The smallest absolute Gasteiger partial charge is 0.358 e. The van der Waals surface area contributed by atoms with Crippen LogP contribution in [-0.4, -0.2) is 32.4 Å². The molecule has 106 valence electrons. The molecule has 2 aromatic rings. The van der Waals surface area contributed by atoms with Crippen LogP contribution >= 0.6 is 11.3 Å². The summed E-state index contributed by atoms with van der Waals surface area (Å²) in [5, 5.41) is 13.3. The van der Waals surface area contributed by atoms with E-state index in [1.807, 2.05) is 5.38 Å². The molecule has 7 nitrogen and oxygen atoms in total. The molecule has 0 radical (unpaired) electrons. The van der Waals surface area contributed by atoms with Gasteiger partial charge in [0.05, 0.1) is 0 Å². The van der Waals surface area contributed by atoms with E-state index in [9.17, 15) is 10.1 Å². The summed E-state index contributed by atoms with van der Waals surface area (Å²) in [4.78, 5) is 18.5. The minimum absolute atomic E-state index is 0.0913. The second-order valence-electron chi connectivity index (χ2n) is 5.60. The Morgan fingerprint density at radius 2 is 2.10 bits per heavy atom. The molecule has 0 aromatic carbocycles. The zero-order valence-corrected chi connectivity index (χ0v) is 11.6. The highest BCUT2D eigenvalue weighted by atomic mass is 32.1. The normalized spacial score (nSPS) is 29.2. The molecule has 2 saturated heterocycles. The van der Waals surface area contributed by atoms with Crippen molar-refractivity contribution < 1.29 is 4.92 Å². The Labute approximate surface area is 119 Å². The van der Waals surface area contributed by atoms with Gasteiger partial charge in [0.1, 0.15) is 6.20 Å². The lowest BCUT2D eigenvalue weighted by Crippen LogP contribution is -2.47. The SMILES string of the molecule is NC1CC2CCC(C1)N2c1nc2sccn2c1[N+](=O)[O-]. The van der Waals surface area contributed by atoms with Crippen LogP contribution in [0.25, 0.3) is 4.96 Å². The van der Waals surface area contributed by atoms with E-state index in [1.54, 1.807) is 10.6 Å². The van der Waals surface area contributed by atoms with Crippen LogP contribution in [0.15, 0.2) is 11.6 Å². The molecule has 20 heavy (non-hydrogen) atoms. The molecular weight excluding hydrogens is 278 g/mol. The number of hydrogen-bond acceptors (Lipinski definition) is 6. The van der Waals surface area contributed by atoms with Gasteiger partial charge < -0.3 is 20.7 Å². The van der Waals surface area contributed by atoms with Crippen molar-refractivity contribution in [3.8, 4) is 0 Å². The van der Waals surface area contributed by atoms with Crippen LogP contribution in [-0.2, 0) is 0 Å². The summed E-state index contributed by atoms with van der Waals surface area (Å²) >= 11 is 1.42. The molecule has 0 spiro atoms. The van der Waals surface area contributed by atoms with E-state index < -0.39 is 0 Å². The van der Waals surface area contributed by atoms with Crippen LogP contribution in [0.2, 0.25) is 0 Å². The van der Waals surface area contributed by atoms with Crippen molar-refractivity contribution in [3.05, 3.63) is 21.7 Å². The molecule has 2 aliphatic rings. The highest BCUT2D eigenvalue weighted by Crippen LogP contribution is 2.42. The molecule has 0 aliphatic carbocycles. The quantitative estimate of drug-likeness (QED) is 0.673. The number of fused-ring (bicyclic) bond motifs is 3. The van der Waals surface area contributed by atoms with Gasteiger partial charge in [0.15, 0.2) is 0 Å². The fourth-order valence-electron chi connectivity index (χ4n) is 3.67. The van der Waals surface area contributed by atoms with Crippen molar-refractivity contribution >= 4 is 27.9 Å². The summed E-state index contributed by atoms with van der Waals surface area (Å²) < 4.78 is 1.58. The third kappa shape index (κ3) is 1.58. The number of hydrogen-bond donors (Lipinski definition) is 1. The van der Waals surface area contributed by atoms with Crippen LogP contribution in [0, 0.1) is 10.1 Å². The first-order valence-corrected chi connectivity index (χ1v) is 7.67. The lowest BCUT2D eigenvalue weighted by Gasteiger charge is -2.37. The van der Waals surface area contributed by atoms with Crippen LogP contribution in [0.1, 0.15) is 25.7 Å². The maximum Gasteiger partial charge on any atom is 0.373 e. The summed E-state index contributed by atoms with van der Waals surface area (Å²) in [5.74, 6) is 0.620. The van der Waals surface area contributed by atoms with Crippen molar-refractivity contribution in [2.45, 2.75) is 43.8 Å². The molecule has 0 amide bonds. The molecule has 2 fully saturated rings. The molecule has 2 N–H and O–H groups in total. The topological polar surface area (TPSA) is 89.7 Å². The van der Waals surface area contributed by atoms with E-state index in [1.165, 1.54) is 11.3 Å². The number of nitro groups is 1. The summed E-state index contributed by atoms with van der Waals surface area (Å²) in [5.41, 5.74) is 6.06. The van der Waals surface area contributed by atoms with Gasteiger partial charge >= 0.3 is 5.82 Å². The highest BCUT2D eigenvalue weighted by molar-refractivity contribution is 7.15. The van der Waals surface area contributed by atoms with E-state index in [2.05, 4.69) is 9.88 Å². The monoisotopic (exact) mass is 293 g/mol. The second kappa shape index (κ2) is 4.16. The van der Waals surface area contributed by atoms with E-state index in [0.717, 1.165) is 25.7 Å². The molecule has 4 heterocycles. The lowest BCUT2D eigenvalue weighted by molar-refractivity contribution is -0.389. The predicted molar refractivity (Wildman–Crippen MR) is 76.2 cm³/mol. The first-order chi connectivity index (χ1) is 9.65. The lowest BCUT2D eigenvalue weighted by atomic mass is 9.98. The highest BCUT2D eigenvalue weighted by Gasteiger charge is 2.44. The number of piperidine rings is 1. The van der Waals surface area contributed by atoms with Crippen LogP contribution in [0.5, 0.6) is 0 Å². The number of nitrogens with zero attached hydrogens (tertiary/aromatic N) is 4. The van der Waals surface area contributed by atoms with E-state index in [4.69, 9.17) is 5.73 Å². The molecule has 2 unspecified atom stereocenters. The molecule has 2 aliphatic heterocycles. The largest absolute Gasteiger partial charge is 0.373 e. The van der Waals surface area contributed by atoms with Crippen molar-refractivity contribution in [1.82, 2.24) is 9.38 Å². The van der Waals surface area contributed by atoms with Crippen molar-refractivity contribution in [2.24, 2.45) is 5.73 Å². The Morgan fingerprint density at radius 1 is 1.40 bits per heavy atom. The van der Waals surface area contributed by atoms with Crippen LogP contribution < -0.4 is 10.6 Å². The standard InChI is InChI=1S/C12H15N5O2S/c13-7-5-8-1-2-9(6-7)16(8)10-11(17(18)19)15-3-4-20-12(15)14-10/h3-4,7-9H,1-2,5-6,13H2. The van der Waals surface area contributed by atoms with Gasteiger partial charge in [0.2, 0.25) is 5.82 Å². The van der Waals surface area contributed by atoms with Gasteiger partial charge in [0.25, 0.3) is 4.96 Å². The minimum Gasteiger partial charge on any atom is -0.358 e. The number of imidazole rings is 1. The molecule has 8 heteroatoms. The predicted octanol–water partition coefficient (Wildman–Crippen LogP) is 1.76. The average molecular weight is 293 g/mol. The number of thiazole rings is 1. The first-order valence-electron chi connectivity index (χ1n) is 6.79. The maximum atomic E-state index is 11.4. The molecule has 2 bridgehead atoms. The van der Waals surface area contributed by atoms with Gasteiger partial charge in [-0.3, -0.25) is 0 Å². The summed E-state index contributed by atoms with van der Waals surface area (Å²) in [6.45, 7) is 0. The molecule has 2 aromatic heterocycles. The average Bonchev–Trinajstić information content (AvgIpc) is 2.99. The van der Waals surface area contributed by atoms with Gasteiger partial charge in [-0.15, -0.1) is 0 Å². The van der Waals surface area contributed by atoms with Gasteiger partial charge in [-0.1, -0.05) is 11.3 Å². The fourth-order valence-corrected chi connectivity index (χ4v) is 4.37. The first kappa shape index (κ1) is 12.1. The summed E-state index contributed by atoms with van der Waals surface area (Å²) in [6, 6.07) is 0.811. The third-order valence-corrected chi connectivity index (χ3v) is 5.16. The zero-order chi connectivity index (χ0) is 13.9. The Kier molecular flexibility index (Phi) is 2.52. The van der Waals surface area contributed by atoms with Crippen molar-refractivity contribution in [3.63, 3.8) is 0 Å². The van der Waals surface area contributed by atoms with Gasteiger partial charge in [-0.05, 0) is 30.6 Å². The van der Waals surface area contributed by atoms with E-state index in [0.29, 0.717) is 22.9 Å². The van der Waals surface area contributed by atoms with Crippen LogP contribution in [0.3, 0.4) is 0 Å². The molecule has 0 saturated carbocycles. The fraction of sp³-hybridized carbons (Fsp3) is 0.583. The van der Waals surface area contributed by atoms with E-state index in [-0.39, 0.29) is 16.8 Å².